The molecule has 72 valence electrons. The molecular weight excluding hydrogens is 146 g/mol. The highest BCUT2D eigenvalue weighted by atomic mass is 15.2. The lowest BCUT2D eigenvalue weighted by Gasteiger charge is -2.29. The molecule has 1 rings (SSSR count). The van der Waals surface area contributed by atoms with Crippen molar-refractivity contribution in [1.29, 1.82) is 0 Å². The summed E-state index contributed by atoms with van der Waals surface area (Å²) in [6, 6.07) is 0.870. The molecule has 0 spiro atoms. The maximum atomic E-state index is 2.63. The average Bonchev–Trinajstić information content (AvgIpc) is 2.31. The van der Waals surface area contributed by atoms with Gasteiger partial charge in [-0.1, -0.05) is 27.7 Å². The highest BCUT2D eigenvalue weighted by molar-refractivity contribution is 4.82. The first-order chi connectivity index (χ1) is 5.53. The van der Waals surface area contributed by atoms with E-state index in [1.54, 1.807) is 0 Å². The van der Waals surface area contributed by atoms with E-state index < -0.39 is 0 Å². The number of hydrogen-bond acceptors (Lipinski definition) is 1. The second-order valence-corrected chi connectivity index (χ2v) is 5.19. The Morgan fingerprint density at radius 3 is 2.50 bits per heavy atom. The first kappa shape index (κ1) is 10.0. The lowest BCUT2D eigenvalue weighted by atomic mass is 9.87. The van der Waals surface area contributed by atoms with Gasteiger partial charge in [-0.05, 0) is 37.8 Å². The third-order valence-corrected chi connectivity index (χ3v) is 2.75. The first-order valence-electron chi connectivity index (χ1n) is 5.27. The Morgan fingerprint density at radius 1 is 1.33 bits per heavy atom. The van der Waals surface area contributed by atoms with Crippen LogP contribution in [0, 0.1) is 5.41 Å². The standard InChI is InChI=1S/C11H23N/c1-5-12-8-6-7-10(12)9-11(2,3)4/h10H,5-9H2,1-4H3/t10-/m0/s1. The van der Waals surface area contributed by atoms with Crippen molar-refractivity contribution in [3.05, 3.63) is 0 Å². The predicted molar refractivity (Wildman–Crippen MR) is 54.3 cm³/mol. The topological polar surface area (TPSA) is 3.24 Å². The zero-order valence-corrected chi connectivity index (χ0v) is 9.06. The summed E-state index contributed by atoms with van der Waals surface area (Å²) in [6.07, 6.45) is 4.19. The van der Waals surface area contributed by atoms with Crippen LogP contribution in [0.3, 0.4) is 0 Å². The van der Waals surface area contributed by atoms with Gasteiger partial charge in [0.15, 0.2) is 0 Å². The molecule has 1 atom stereocenters. The summed E-state index contributed by atoms with van der Waals surface area (Å²) in [5.74, 6) is 0. The van der Waals surface area contributed by atoms with Crippen molar-refractivity contribution in [3.63, 3.8) is 0 Å². The fraction of sp³-hybridized carbons (Fsp3) is 1.00. The quantitative estimate of drug-likeness (QED) is 0.614. The van der Waals surface area contributed by atoms with E-state index in [0.29, 0.717) is 5.41 Å². The van der Waals surface area contributed by atoms with Gasteiger partial charge in [0.2, 0.25) is 0 Å². The van der Waals surface area contributed by atoms with Gasteiger partial charge in [0.25, 0.3) is 0 Å². The summed E-state index contributed by atoms with van der Waals surface area (Å²) in [5.41, 5.74) is 0.502. The molecule has 1 saturated heterocycles. The summed E-state index contributed by atoms with van der Waals surface area (Å²) >= 11 is 0. The van der Waals surface area contributed by atoms with Gasteiger partial charge in [-0.25, -0.2) is 0 Å². The van der Waals surface area contributed by atoms with Crippen LogP contribution < -0.4 is 0 Å². The average molecular weight is 169 g/mol. The fourth-order valence-electron chi connectivity index (χ4n) is 2.25. The van der Waals surface area contributed by atoms with Crippen LogP contribution in [0.2, 0.25) is 0 Å². The van der Waals surface area contributed by atoms with Gasteiger partial charge >= 0.3 is 0 Å². The van der Waals surface area contributed by atoms with E-state index in [1.807, 2.05) is 0 Å². The monoisotopic (exact) mass is 169 g/mol. The Labute approximate surface area is 77.1 Å². The molecular formula is C11H23N. The minimum absolute atomic E-state index is 0.502. The Kier molecular flexibility index (Phi) is 3.16. The smallest absolute Gasteiger partial charge is 0.0101 e. The summed E-state index contributed by atoms with van der Waals surface area (Å²) < 4.78 is 0. The van der Waals surface area contributed by atoms with E-state index in [0.717, 1.165) is 6.04 Å². The molecule has 0 saturated carbocycles. The minimum atomic E-state index is 0.502. The molecule has 0 amide bonds. The Hall–Kier alpha value is -0.0400. The SMILES string of the molecule is CCN1CCC[C@H]1CC(C)(C)C. The Bertz CT molecular complexity index is 134. The molecule has 1 aliphatic heterocycles. The van der Waals surface area contributed by atoms with Crippen LogP contribution >= 0.6 is 0 Å². The molecule has 0 aliphatic carbocycles. The van der Waals surface area contributed by atoms with E-state index >= 15 is 0 Å². The molecule has 1 heteroatoms. The van der Waals surface area contributed by atoms with Gasteiger partial charge in [0, 0.05) is 6.04 Å². The van der Waals surface area contributed by atoms with Crippen LogP contribution in [-0.2, 0) is 0 Å². The third kappa shape index (κ3) is 2.78. The largest absolute Gasteiger partial charge is 0.301 e. The summed E-state index contributed by atoms with van der Waals surface area (Å²) in [5, 5.41) is 0. The lowest BCUT2D eigenvalue weighted by Crippen LogP contribution is -2.32. The molecule has 0 aromatic rings. The minimum Gasteiger partial charge on any atom is -0.301 e. The highest BCUT2D eigenvalue weighted by Crippen LogP contribution is 2.29. The molecule has 1 heterocycles. The van der Waals surface area contributed by atoms with E-state index in [9.17, 15) is 0 Å². The third-order valence-electron chi connectivity index (χ3n) is 2.75. The maximum Gasteiger partial charge on any atom is 0.0101 e. The molecule has 1 nitrogen and oxygen atoms in total. The van der Waals surface area contributed by atoms with Gasteiger partial charge in [0.1, 0.15) is 0 Å². The molecule has 0 N–H and O–H groups in total. The summed E-state index contributed by atoms with van der Waals surface area (Å²) in [4.78, 5) is 2.63. The van der Waals surface area contributed by atoms with Crippen LogP contribution in [0.25, 0.3) is 0 Å². The van der Waals surface area contributed by atoms with Gasteiger partial charge in [-0.2, -0.15) is 0 Å². The van der Waals surface area contributed by atoms with Crippen LogP contribution in [0.1, 0.15) is 47.0 Å². The van der Waals surface area contributed by atoms with E-state index in [2.05, 4.69) is 32.6 Å². The molecule has 0 aromatic carbocycles. The zero-order valence-electron chi connectivity index (χ0n) is 9.06. The van der Waals surface area contributed by atoms with Crippen LogP contribution in [0.15, 0.2) is 0 Å². The predicted octanol–water partition coefficient (Wildman–Crippen LogP) is 2.91. The number of hydrogen-bond donors (Lipinski definition) is 0. The molecule has 12 heavy (non-hydrogen) atoms. The van der Waals surface area contributed by atoms with Crippen LogP contribution in [0.4, 0.5) is 0 Å². The van der Waals surface area contributed by atoms with Crippen LogP contribution in [0.5, 0.6) is 0 Å². The second kappa shape index (κ2) is 3.78. The Morgan fingerprint density at radius 2 is 2.00 bits per heavy atom. The van der Waals surface area contributed by atoms with E-state index in [4.69, 9.17) is 0 Å². The van der Waals surface area contributed by atoms with Crippen molar-refractivity contribution < 1.29 is 0 Å². The van der Waals surface area contributed by atoms with Gasteiger partial charge in [0.05, 0.1) is 0 Å². The fourth-order valence-corrected chi connectivity index (χ4v) is 2.25. The molecule has 0 radical (unpaired) electrons. The first-order valence-corrected chi connectivity index (χ1v) is 5.27. The molecule has 0 unspecified atom stereocenters. The second-order valence-electron chi connectivity index (χ2n) is 5.19. The van der Waals surface area contributed by atoms with Crippen molar-refractivity contribution in [3.8, 4) is 0 Å². The van der Waals surface area contributed by atoms with Crippen molar-refractivity contribution in [2.75, 3.05) is 13.1 Å². The van der Waals surface area contributed by atoms with Crippen molar-refractivity contribution in [1.82, 2.24) is 4.90 Å². The molecule has 1 fully saturated rings. The van der Waals surface area contributed by atoms with Crippen molar-refractivity contribution in [2.45, 2.75) is 53.0 Å². The molecule has 0 bridgehead atoms. The van der Waals surface area contributed by atoms with Gasteiger partial charge in [-0.3, -0.25) is 0 Å². The summed E-state index contributed by atoms with van der Waals surface area (Å²) in [7, 11) is 0. The van der Waals surface area contributed by atoms with E-state index in [1.165, 1.54) is 32.4 Å². The van der Waals surface area contributed by atoms with Crippen molar-refractivity contribution in [2.24, 2.45) is 5.41 Å². The number of nitrogens with zero attached hydrogens (tertiary/aromatic N) is 1. The normalized spacial score (nSPS) is 26.5. The Balaban J connectivity index is 2.41. The number of likely N-dealkylation sites (tertiary alicyclic amines) is 1. The van der Waals surface area contributed by atoms with Crippen molar-refractivity contribution >= 4 is 0 Å². The van der Waals surface area contributed by atoms with Gasteiger partial charge < -0.3 is 4.90 Å². The molecule has 1 aliphatic rings. The number of rotatable bonds is 2. The lowest BCUT2D eigenvalue weighted by molar-refractivity contribution is 0.199. The van der Waals surface area contributed by atoms with Crippen LogP contribution in [-0.4, -0.2) is 24.0 Å². The maximum absolute atomic E-state index is 2.63. The molecule has 0 aromatic heterocycles. The zero-order chi connectivity index (χ0) is 9.19. The van der Waals surface area contributed by atoms with Gasteiger partial charge in [-0.15, -0.1) is 0 Å². The highest BCUT2D eigenvalue weighted by Gasteiger charge is 2.26. The summed E-state index contributed by atoms with van der Waals surface area (Å²) in [6.45, 7) is 11.9. The van der Waals surface area contributed by atoms with E-state index in [-0.39, 0.29) is 0 Å².